The van der Waals surface area contributed by atoms with Crippen molar-refractivity contribution in [2.24, 2.45) is 0 Å². The predicted molar refractivity (Wildman–Crippen MR) is 90.3 cm³/mol. The lowest BCUT2D eigenvalue weighted by Crippen LogP contribution is -2.44. The summed E-state index contributed by atoms with van der Waals surface area (Å²) in [5.74, 6) is -0.00906. The highest BCUT2D eigenvalue weighted by Crippen LogP contribution is 2.35. The lowest BCUT2D eigenvalue weighted by Gasteiger charge is -2.30. The second-order valence-electron chi connectivity index (χ2n) is 5.48. The zero-order chi connectivity index (χ0) is 14.8. The van der Waals surface area contributed by atoms with E-state index in [9.17, 15) is 4.79 Å². The Labute approximate surface area is 129 Å². The van der Waals surface area contributed by atoms with Crippen molar-refractivity contribution in [1.29, 1.82) is 0 Å². The van der Waals surface area contributed by atoms with Gasteiger partial charge in [-0.2, -0.15) is 0 Å². The highest BCUT2D eigenvalue weighted by atomic mass is 32.2. The fourth-order valence-corrected chi connectivity index (χ4v) is 3.46. The van der Waals surface area contributed by atoms with Crippen molar-refractivity contribution < 1.29 is 4.79 Å². The number of hydrogen-bond acceptors (Lipinski definition) is 3. The van der Waals surface area contributed by atoms with E-state index in [0.717, 1.165) is 5.56 Å². The van der Waals surface area contributed by atoms with Crippen molar-refractivity contribution in [1.82, 2.24) is 4.90 Å². The molecule has 0 unspecified atom stereocenters. The van der Waals surface area contributed by atoms with Gasteiger partial charge in [-0.05, 0) is 32.4 Å². The van der Waals surface area contributed by atoms with Crippen LogP contribution in [0.1, 0.15) is 26.3 Å². The molecule has 1 aromatic carbocycles. The van der Waals surface area contributed by atoms with Gasteiger partial charge in [0.2, 0.25) is 0 Å². The molecule has 2 rings (SSSR count). The molecule has 1 fully saturated rings. The molecule has 2 nitrogen and oxygen atoms in total. The van der Waals surface area contributed by atoms with Crippen LogP contribution in [0.2, 0.25) is 0 Å². The van der Waals surface area contributed by atoms with Crippen LogP contribution in [0.3, 0.4) is 0 Å². The molecule has 1 aliphatic heterocycles. The number of allylic oxidation sites excluding steroid dienone is 2. The highest BCUT2D eigenvalue weighted by molar-refractivity contribution is 8.26. The Morgan fingerprint density at radius 3 is 2.40 bits per heavy atom. The summed E-state index contributed by atoms with van der Waals surface area (Å²) in [6.07, 6.45) is 5.70. The smallest absolute Gasteiger partial charge is 0.266 e. The SMILES string of the molecule is CC(C)(C)N1C(=O)/C(=C/C=C/c2ccccc2)SC1=S. The molecule has 0 saturated carbocycles. The number of rotatable bonds is 2. The number of nitrogens with zero attached hydrogens (tertiary/aromatic N) is 1. The van der Waals surface area contributed by atoms with Crippen LogP contribution in [0.25, 0.3) is 6.08 Å². The van der Waals surface area contributed by atoms with E-state index in [1.54, 1.807) is 4.90 Å². The van der Waals surface area contributed by atoms with E-state index < -0.39 is 0 Å². The second-order valence-corrected chi connectivity index (χ2v) is 7.16. The third kappa shape index (κ3) is 3.38. The molecule has 20 heavy (non-hydrogen) atoms. The number of amides is 1. The number of hydrogen-bond donors (Lipinski definition) is 0. The summed E-state index contributed by atoms with van der Waals surface area (Å²) < 4.78 is 0.627. The molecule has 1 aromatic rings. The van der Waals surface area contributed by atoms with Crippen LogP contribution in [0.4, 0.5) is 0 Å². The van der Waals surface area contributed by atoms with Gasteiger partial charge in [-0.25, -0.2) is 0 Å². The molecule has 104 valence electrons. The monoisotopic (exact) mass is 303 g/mol. The topological polar surface area (TPSA) is 20.3 Å². The maximum atomic E-state index is 12.3. The summed E-state index contributed by atoms with van der Waals surface area (Å²) in [5.41, 5.74) is 0.829. The van der Waals surface area contributed by atoms with E-state index in [0.29, 0.717) is 9.23 Å². The van der Waals surface area contributed by atoms with Gasteiger partial charge in [-0.15, -0.1) is 0 Å². The molecule has 0 N–H and O–H groups in total. The van der Waals surface area contributed by atoms with Crippen LogP contribution < -0.4 is 0 Å². The van der Waals surface area contributed by atoms with Crippen molar-refractivity contribution >= 4 is 40.3 Å². The van der Waals surface area contributed by atoms with Crippen molar-refractivity contribution in [3.05, 3.63) is 53.0 Å². The summed E-state index contributed by atoms with van der Waals surface area (Å²) in [6.45, 7) is 5.96. The van der Waals surface area contributed by atoms with Gasteiger partial charge < -0.3 is 0 Å². The lowest BCUT2D eigenvalue weighted by atomic mass is 10.1. The quantitative estimate of drug-likeness (QED) is 0.602. The first kappa shape index (κ1) is 15.0. The molecule has 1 heterocycles. The average Bonchev–Trinajstić information content (AvgIpc) is 2.65. The molecule has 4 heteroatoms. The molecule has 0 aliphatic carbocycles. The number of thioether (sulfide) groups is 1. The van der Waals surface area contributed by atoms with Crippen molar-refractivity contribution in [3.8, 4) is 0 Å². The Kier molecular flexibility index (Phi) is 4.45. The first-order chi connectivity index (χ1) is 9.39. The maximum absolute atomic E-state index is 12.3. The Hall–Kier alpha value is -1.39. The third-order valence-corrected chi connectivity index (χ3v) is 4.12. The Morgan fingerprint density at radius 2 is 1.85 bits per heavy atom. The van der Waals surface area contributed by atoms with Gasteiger partial charge in [0.1, 0.15) is 4.32 Å². The molecule has 0 radical (unpaired) electrons. The van der Waals surface area contributed by atoms with E-state index in [1.807, 2.05) is 69.3 Å². The van der Waals surface area contributed by atoms with Crippen LogP contribution in [0.15, 0.2) is 47.4 Å². The summed E-state index contributed by atoms with van der Waals surface area (Å²) in [5, 5.41) is 0. The van der Waals surface area contributed by atoms with Gasteiger partial charge in [-0.3, -0.25) is 9.69 Å². The Bertz CT molecular complexity index is 582. The molecule has 0 atom stereocenters. The van der Waals surface area contributed by atoms with Gasteiger partial charge in [0.05, 0.1) is 4.91 Å². The summed E-state index contributed by atoms with van der Waals surface area (Å²) >= 11 is 6.65. The van der Waals surface area contributed by atoms with Crippen LogP contribution in [-0.2, 0) is 4.79 Å². The van der Waals surface area contributed by atoms with Crippen molar-refractivity contribution in [3.63, 3.8) is 0 Å². The average molecular weight is 303 g/mol. The van der Waals surface area contributed by atoms with Gasteiger partial charge in [0.25, 0.3) is 5.91 Å². The van der Waals surface area contributed by atoms with Crippen molar-refractivity contribution in [2.75, 3.05) is 0 Å². The molecule has 1 amide bonds. The molecule has 1 saturated heterocycles. The zero-order valence-electron chi connectivity index (χ0n) is 11.8. The highest BCUT2D eigenvalue weighted by Gasteiger charge is 2.38. The molecule has 0 aromatic heterocycles. The van der Waals surface area contributed by atoms with E-state index >= 15 is 0 Å². The van der Waals surface area contributed by atoms with E-state index in [1.165, 1.54) is 11.8 Å². The van der Waals surface area contributed by atoms with Gasteiger partial charge in [0, 0.05) is 5.54 Å². The normalized spacial score (nSPS) is 18.6. The van der Waals surface area contributed by atoms with Gasteiger partial charge >= 0.3 is 0 Å². The Balaban J connectivity index is 2.15. The van der Waals surface area contributed by atoms with Crippen molar-refractivity contribution in [2.45, 2.75) is 26.3 Å². The molecular formula is C16H17NOS2. The number of thiocarbonyl (C=S) groups is 1. The minimum Gasteiger partial charge on any atom is -0.288 e. The van der Waals surface area contributed by atoms with Gasteiger partial charge in [0.15, 0.2) is 0 Å². The first-order valence-electron chi connectivity index (χ1n) is 6.39. The fourth-order valence-electron chi connectivity index (χ4n) is 1.87. The van der Waals surface area contributed by atoms with Gasteiger partial charge in [-0.1, -0.05) is 66.5 Å². The summed E-state index contributed by atoms with van der Waals surface area (Å²) in [4.78, 5) is 14.7. The summed E-state index contributed by atoms with van der Waals surface area (Å²) in [6, 6.07) is 9.98. The number of benzene rings is 1. The number of carbonyl (C=O) groups is 1. The minimum atomic E-state index is -0.278. The standard InChI is InChI=1S/C16H17NOS2/c1-16(2,3)17-14(18)13(20-15(17)19)11-7-10-12-8-5-4-6-9-12/h4-11H,1-3H3/b10-7+,13-11-. The fraction of sp³-hybridized carbons (Fsp3) is 0.250. The molecule has 1 aliphatic rings. The Morgan fingerprint density at radius 1 is 1.20 bits per heavy atom. The first-order valence-corrected chi connectivity index (χ1v) is 7.62. The molecule has 0 spiro atoms. The minimum absolute atomic E-state index is 0.00906. The zero-order valence-corrected chi connectivity index (χ0v) is 13.4. The van der Waals surface area contributed by atoms with E-state index in [2.05, 4.69) is 0 Å². The van der Waals surface area contributed by atoms with Crippen LogP contribution in [0, 0.1) is 0 Å². The molecular weight excluding hydrogens is 286 g/mol. The summed E-state index contributed by atoms with van der Waals surface area (Å²) in [7, 11) is 0. The van der Waals surface area contributed by atoms with Crippen LogP contribution >= 0.6 is 24.0 Å². The molecule has 0 bridgehead atoms. The van der Waals surface area contributed by atoms with Crippen LogP contribution in [0.5, 0.6) is 0 Å². The number of carbonyl (C=O) groups excluding carboxylic acids is 1. The largest absolute Gasteiger partial charge is 0.288 e. The van der Waals surface area contributed by atoms with Crippen LogP contribution in [-0.4, -0.2) is 20.7 Å². The lowest BCUT2D eigenvalue weighted by molar-refractivity contribution is -0.125. The maximum Gasteiger partial charge on any atom is 0.266 e. The van der Waals surface area contributed by atoms with E-state index in [-0.39, 0.29) is 11.4 Å². The third-order valence-electron chi connectivity index (χ3n) is 2.80. The predicted octanol–water partition coefficient (Wildman–Crippen LogP) is 4.24. The second kappa shape index (κ2) is 5.94. The van der Waals surface area contributed by atoms with E-state index in [4.69, 9.17) is 12.2 Å².